The molecule has 0 unspecified atom stereocenters. The van der Waals surface area contributed by atoms with Gasteiger partial charge in [-0.1, -0.05) is 20.8 Å². The number of nitrogens with zero attached hydrogens (tertiary/aromatic N) is 5. The average Bonchev–Trinajstić information content (AvgIpc) is 2.93. The lowest BCUT2D eigenvalue weighted by Gasteiger charge is -2.30. The van der Waals surface area contributed by atoms with E-state index < -0.39 is 0 Å². The molecular weight excluding hydrogens is 288 g/mol. The van der Waals surface area contributed by atoms with Crippen molar-refractivity contribution in [3.8, 4) is 0 Å². The Labute approximate surface area is 137 Å². The number of hydrogen-bond donors (Lipinski definition) is 1. The maximum atomic E-state index is 4.69. The summed E-state index contributed by atoms with van der Waals surface area (Å²) >= 11 is 0. The summed E-state index contributed by atoms with van der Waals surface area (Å²) in [4.78, 5) is 10.8. The van der Waals surface area contributed by atoms with Gasteiger partial charge in [-0.15, -0.1) is 0 Å². The van der Waals surface area contributed by atoms with Gasteiger partial charge < -0.3 is 5.32 Å². The van der Waals surface area contributed by atoms with Gasteiger partial charge in [-0.2, -0.15) is 5.10 Å². The van der Waals surface area contributed by atoms with E-state index in [1.807, 2.05) is 0 Å². The van der Waals surface area contributed by atoms with Crippen LogP contribution in [-0.4, -0.2) is 37.7 Å². The zero-order chi connectivity index (χ0) is 16.3. The van der Waals surface area contributed by atoms with Gasteiger partial charge in [0.05, 0.1) is 30.7 Å². The summed E-state index contributed by atoms with van der Waals surface area (Å²) in [5.74, 6) is 0.783. The average molecular weight is 314 g/mol. The lowest BCUT2D eigenvalue weighted by atomic mass is 9.92. The first-order valence-electron chi connectivity index (χ1n) is 8.27. The van der Waals surface area contributed by atoms with Crippen molar-refractivity contribution in [3.63, 3.8) is 0 Å². The van der Waals surface area contributed by atoms with Gasteiger partial charge in [0.1, 0.15) is 5.82 Å². The standard InChI is InChI=1S/C17H26N6/c1-17(2,3)4-7-22-8-9-23-15(13-22)10-14(21-23)11-20-16-12-18-5-6-19-16/h5-6,10,12H,4,7-9,11,13H2,1-3H3,(H,19,20). The van der Waals surface area contributed by atoms with E-state index in [1.165, 1.54) is 12.1 Å². The highest BCUT2D eigenvalue weighted by atomic mass is 15.3. The summed E-state index contributed by atoms with van der Waals surface area (Å²) in [5, 5.41) is 7.95. The Morgan fingerprint density at radius 2 is 2.09 bits per heavy atom. The number of aromatic nitrogens is 4. The monoisotopic (exact) mass is 314 g/mol. The molecule has 0 saturated carbocycles. The van der Waals surface area contributed by atoms with Crippen molar-refractivity contribution >= 4 is 5.82 Å². The fourth-order valence-corrected chi connectivity index (χ4v) is 2.72. The van der Waals surface area contributed by atoms with Gasteiger partial charge in [0.2, 0.25) is 0 Å². The summed E-state index contributed by atoms with van der Waals surface area (Å²) in [7, 11) is 0. The number of rotatable bonds is 5. The minimum absolute atomic E-state index is 0.392. The number of fused-ring (bicyclic) bond motifs is 1. The molecule has 1 aliphatic heterocycles. The van der Waals surface area contributed by atoms with Crippen LogP contribution < -0.4 is 5.32 Å². The van der Waals surface area contributed by atoms with Crippen LogP contribution in [0.25, 0.3) is 0 Å². The van der Waals surface area contributed by atoms with E-state index in [0.29, 0.717) is 12.0 Å². The molecule has 0 bridgehead atoms. The molecule has 0 saturated heterocycles. The van der Waals surface area contributed by atoms with E-state index in [-0.39, 0.29) is 0 Å². The minimum atomic E-state index is 0.392. The molecule has 1 aliphatic rings. The third kappa shape index (κ3) is 4.51. The van der Waals surface area contributed by atoms with Crippen molar-refractivity contribution in [2.24, 2.45) is 5.41 Å². The molecule has 6 nitrogen and oxygen atoms in total. The Kier molecular flexibility index (Phi) is 4.61. The zero-order valence-corrected chi connectivity index (χ0v) is 14.3. The molecule has 23 heavy (non-hydrogen) atoms. The maximum absolute atomic E-state index is 4.69. The zero-order valence-electron chi connectivity index (χ0n) is 14.3. The van der Waals surface area contributed by atoms with Crippen LogP contribution in [0.3, 0.4) is 0 Å². The van der Waals surface area contributed by atoms with Gasteiger partial charge >= 0.3 is 0 Å². The first kappa shape index (κ1) is 15.9. The summed E-state index contributed by atoms with van der Waals surface area (Å²) in [5.41, 5.74) is 2.76. The van der Waals surface area contributed by atoms with Crippen molar-refractivity contribution in [2.75, 3.05) is 18.4 Å². The van der Waals surface area contributed by atoms with Crippen LogP contribution >= 0.6 is 0 Å². The molecule has 0 aliphatic carbocycles. The first-order valence-corrected chi connectivity index (χ1v) is 8.27. The lowest BCUT2D eigenvalue weighted by molar-refractivity contribution is 0.184. The minimum Gasteiger partial charge on any atom is -0.363 e. The van der Waals surface area contributed by atoms with Crippen LogP contribution in [0.2, 0.25) is 0 Å². The highest BCUT2D eigenvalue weighted by Crippen LogP contribution is 2.21. The van der Waals surface area contributed by atoms with E-state index in [4.69, 9.17) is 0 Å². The second-order valence-corrected chi connectivity index (χ2v) is 7.38. The van der Waals surface area contributed by atoms with Gasteiger partial charge in [0.15, 0.2) is 0 Å². The van der Waals surface area contributed by atoms with Gasteiger partial charge in [0, 0.05) is 25.5 Å². The predicted octanol–water partition coefficient (Wildman–Crippen LogP) is 2.54. The summed E-state index contributed by atoms with van der Waals surface area (Å²) < 4.78 is 2.14. The van der Waals surface area contributed by atoms with E-state index in [9.17, 15) is 0 Å². The molecule has 3 rings (SSSR count). The van der Waals surface area contributed by atoms with E-state index in [2.05, 4.69) is 56.8 Å². The second-order valence-electron chi connectivity index (χ2n) is 7.38. The van der Waals surface area contributed by atoms with Crippen LogP contribution in [-0.2, 0) is 19.6 Å². The van der Waals surface area contributed by atoms with Crippen molar-refractivity contribution < 1.29 is 0 Å². The van der Waals surface area contributed by atoms with Crippen LogP contribution in [0.4, 0.5) is 5.82 Å². The topological polar surface area (TPSA) is 58.9 Å². The van der Waals surface area contributed by atoms with Gasteiger partial charge in [-0.3, -0.25) is 14.6 Å². The number of nitrogens with one attached hydrogen (secondary N) is 1. The third-order valence-corrected chi connectivity index (χ3v) is 4.12. The summed E-state index contributed by atoms with van der Waals surface area (Å²) in [6.07, 6.45) is 6.31. The van der Waals surface area contributed by atoms with Crippen molar-refractivity contribution in [3.05, 3.63) is 36.0 Å². The van der Waals surface area contributed by atoms with Crippen LogP contribution in [0.5, 0.6) is 0 Å². The molecule has 124 valence electrons. The molecule has 0 radical (unpaired) electrons. The van der Waals surface area contributed by atoms with Crippen LogP contribution in [0.15, 0.2) is 24.7 Å². The molecule has 1 N–H and O–H groups in total. The van der Waals surface area contributed by atoms with Crippen LogP contribution in [0, 0.1) is 5.41 Å². The highest BCUT2D eigenvalue weighted by Gasteiger charge is 2.20. The molecular formula is C17H26N6. The van der Waals surface area contributed by atoms with E-state index in [0.717, 1.165) is 37.7 Å². The molecule has 6 heteroatoms. The van der Waals surface area contributed by atoms with Crippen molar-refractivity contribution in [1.82, 2.24) is 24.6 Å². The lowest BCUT2D eigenvalue weighted by Crippen LogP contribution is -2.35. The van der Waals surface area contributed by atoms with Crippen molar-refractivity contribution in [1.29, 1.82) is 0 Å². The van der Waals surface area contributed by atoms with E-state index >= 15 is 0 Å². The predicted molar refractivity (Wildman–Crippen MR) is 90.9 cm³/mol. The normalized spacial score (nSPS) is 15.4. The Hall–Kier alpha value is -1.95. The Bertz CT molecular complexity index is 628. The fourth-order valence-electron chi connectivity index (χ4n) is 2.72. The third-order valence-electron chi connectivity index (χ3n) is 4.12. The second kappa shape index (κ2) is 6.66. The Morgan fingerprint density at radius 1 is 1.22 bits per heavy atom. The quantitative estimate of drug-likeness (QED) is 0.919. The fraction of sp³-hybridized carbons (Fsp3) is 0.588. The molecule has 0 atom stereocenters. The smallest absolute Gasteiger partial charge is 0.144 e. The van der Waals surface area contributed by atoms with Crippen LogP contribution in [0.1, 0.15) is 38.6 Å². The molecule has 0 spiro atoms. The molecule has 0 fully saturated rings. The molecule has 0 amide bonds. The van der Waals surface area contributed by atoms with E-state index in [1.54, 1.807) is 18.6 Å². The Balaban J connectivity index is 1.56. The van der Waals surface area contributed by atoms with Gasteiger partial charge in [-0.25, -0.2) is 4.98 Å². The SMILES string of the molecule is CC(C)(C)CCN1CCn2nc(CNc3cnccn3)cc2C1. The first-order chi connectivity index (χ1) is 11.0. The molecule has 2 aromatic heterocycles. The largest absolute Gasteiger partial charge is 0.363 e. The number of hydrogen-bond acceptors (Lipinski definition) is 5. The Morgan fingerprint density at radius 3 is 2.83 bits per heavy atom. The summed E-state index contributed by atoms with van der Waals surface area (Å²) in [6.45, 7) is 11.8. The van der Waals surface area contributed by atoms with Gasteiger partial charge in [0.25, 0.3) is 0 Å². The molecule has 0 aromatic carbocycles. The number of anilines is 1. The highest BCUT2D eigenvalue weighted by molar-refractivity contribution is 5.31. The van der Waals surface area contributed by atoms with Gasteiger partial charge in [-0.05, 0) is 24.4 Å². The molecule has 3 heterocycles. The summed E-state index contributed by atoms with van der Waals surface area (Å²) in [6, 6.07) is 2.20. The van der Waals surface area contributed by atoms with Crippen molar-refractivity contribution in [2.45, 2.75) is 46.8 Å². The maximum Gasteiger partial charge on any atom is 0.144 e. The molecule has 2 aromatic rings.